The van der Waals surface area contributed by atoms with Crippen molar-refractivity contribution in [3.05, 3.63) is 84.4 Å². The van der Waals surface area contributed by atoms with Gasteiger partial charge in [0, 0.05) is 50.0 Å². The quantitative estimate of drug-likeness (QED) is 0.559. The molecule has 2 aromatic heterocycles. The number of nitrogens with one attached hydrogen (secondary N) is 1. The average molecular weight is 448 g/mol. The Hall–Kier alpha value is -2.74. The number of rotatable bonds is 7. The molecule has 6 nitrogen and oxygen atoms in total. The van der Waals surface area contributed by atoms with Crippen LogP contribution in [-0.4, -0.2) is 63.9 Å². The summed E-state index contributed by atoms with van der Waals surface area (Å²) in [7, 11) is 0. The third kappa shape index (κ3) is 4.41. The van der Waals surface area contributed by atoms with Crippen LogP contribution in [0.15, 0.2) is 73.1 Å². The molecule has 2 aliphatic heterocycles. The molecule has 0 aliphatic carbocycles. The molecule has 7 heteroatoms. The first-order valence-corrected chi connectivity index (χ1v) is 11.7. The highest BCUT2D eigenvalue weighted by Gasteiger charge is 2.41. The number of hydrogen-bond acceptors (Lipinski definition) is 4. The van der Waals surface area contributed by atoms with E-state index in [4.69, 9.17) is 17.0 Å². The van der Waals surface area contributed by atoms with Gasteiger partial charge in [-0.3, -0.25) is 9.88 Å². The zero-order chi connectivity index (χ0) is 21.8. The normalized spacial score (nSPS) is 21.6. The summed E-state index contributed by atoms with van der Waals surface area (Å²) in [6.45, 7) is 5.65. The van der Waals surface area contributed by atoms with Crippen molar-refractivity contribution >= 4 is 17.3 Å². The number of morpholine rings is 1. The van der Waals surface area contributed by atoms with Crippen molar-refractivity contribution in [3.63, 3.8) is 0 Å². The average Bonchev–Trinajstić information content (AvgIpc) is 3.45. The van der Waals surface area contributed by atoms with Crippen LogP contribution in [0, 0.1) is 0 Å². The predicted octanol–water partition coefficient (Wildman–Crippen LogP) is 3.57. The molecule has 4 heterocycles. The molecule has 1 aromatic carbocycles. The van der Waals surface area contributed by atoms with E-state index in [0.717, 1.165) is 62.3 Å². The van der Waals surface area contributed by atoms with E-state index in [2.05, 4.69) is 73.3 Å². The lowest BCUT2D eigenvalue weighted by Crippen LogP contribution is -2.39. The minimum atomic E-state index is 0.00412. The molecule has 1 N–H and O–H groups in total. The Kier molecular flexibility index (Phi) is 6.48. The zero-order valence-corrected chi connectivity index (χ0v) is 19.0. The summed E-state index contributed by atoms with van der Waals surface area (Å²) < 4.78 is 7.76. The Balaban J connectivity index is 1.43. The molecule has 0 radical (unpaired) electrons. The lowest BCUT2D eigenvalue weighted by Gasteiger charge is -2.31. The second-order valence-corrected chi connectivity index (χ2v) is 8.65. The third-order valence-electron chi connectivity index (χ3n) is 6.29. The fraction of sp³-hybridized carbons (Fsp3) is 0.360. The van der Waals surface area contributed by atoms with Crippen LogP contribution in [-0.2, 0) is 4.74 Å². The van der Waals surface area contributed by atoms with Gasteiger partial charge in [0.15, 0.2) is 5.11 Å². The minimum absolute atomic E-state index is 0.00412. The molecule has 166 valence electrons. The number of hydrogen-bond donors (Lipinski definition) is 1. The number of benzene rings is 1. The minimum Gasteiger partial charge on any atom is -0.379 e. The van der Waals surface area contributed by atoms with Gasteiger partial charge in [-0.1, -0.05) is 24.3 Å². The molecule has 0 saturated carbocycles. The van der Waals surface area contributed by atoms with E-state index in [1.807, 2.05) is 24.4 Å². The highest BCUT2D eigenvalue weighted by molar-refractivity contribution is 7.80. The molecular weight excluding hydrogens is 418 g/mol. The number of pyridine rings is 1. The van der Waals surface area contributed by atoms with Gasteiger partial charge >= 0.3 is 0 Å². The largest absolute Gasteiger partial charge is 0.379 e. The van der Waals surface area contributed by atoms with E-state index >= 15 is 0 Å². The van der Waals surface area contributed by atoms with E-state index in [1.165, 1.54) is 5.69 Å². The lowest BCUT2D eigenvalue weighted by molar-refractivity contribution is 0.0365. The summed E-state index contributed by atoms with van der Waals surface area (Å²) >= 11 is 5.84. The molecule has 0 bridgehead atoms. The topological polar surface area (TPSA) is 45.6 Å². The van der Waals surface area contributed by atoms with Crippen LogP contribution in [0.5, 0.6) is 0 Å². The molecule has 2 atom stereocenters. The van der Waals surface area contributed by atoms with Crippen molar-refractivity contribution in [2.75, 3.05) is 39.4 Å². The van der Waals surface area contributed by atoms with Crippen LogP contribution in [0.2, 0.25) is 0 Å². The van der Waals surface area contributed by atoms with Gasteiger partial charge in [0.05, 0.1) is 31.0 Å². The summed E-state index contributed by atoms with van der Waals surface area (Å²) in [5.74, 6) is 0. The Morgan fingerprint density at radius 2 is 1.78 bits per heavy atom. The van der Waals surface area contributed by atoms with Crippen molar-refractivity contribution in [1.82, 2.24) is 24.7 Å². The van der Waals surface area contributed by atoms with Crippen molar-refractivity contribution in [3.8, 4) is 5.69 Å². The second kappa shape index (κ2) is 9.81. The standard InChI is InChI=1S/C25H29N5OS/c32-25-27-23(21-10-4-5-12-26-21)24(30(25)15-7-13-28-16-18-31-19-17-28)22-11-6-14-29(22)20-8-2-1-3-9-20/h1-6,8-12,14,23-24H,7,13,15-19H2,(H,27,32). The maximum atomic E-state index is 5.84. The first-order chi connectivity index (χ1) is 15.8. The molecule has 2 unspecified atom stereocenters. The van der Waals surface area contributed by atoms with E-state index < -0.39 is 0 Å². The number of thiocarbonyl (C=S) groups is 1. The van der Waals surface area contributed by atoms with Gasteiger partial charge in [-0.05, 0) is 55.0 Å². The molecule has 0 amide bonds. The SMILES string of the molecule is S=C1NC(c2ccccn2)C(c2cccn2-c2ccccc2)N1CCCN1CCOCC1. The summed E-state index contributed by atoms with van der Waals surface area (Å²) in [4.78, 5) is 9.50. The van der Waals surface area contributed by atoms with Crippen molar-refractivity contribution < 1.29 is 4.74 Å². The van der Waals surface area contributed by atoms with Crippen LogP contribution < -0.4 is 5.32 Å². The van der Waals surface area contributed by atoms with Gasteiger partial charge in [0.2, 0.25) is 0 Å². The van der Waals surface area contributed by atoms with Gasteiger partial charge in [-0.2, -0.15) is 0 Å². The molecule has 3 aromatic rings. The van der Waals surface area contributed by atoms with Crippen LogP contribution in [0.4, 0.5) is 0 Å². The number of ether oxygens (including phenoxy) is 1. The number of nitrogens with zero attached hydrogens (tertiary/aromatic N) is 4. The molecule has 32 heavy (non-hydrogen) atoms. The Morgan fingerprint density at radius 1 is 0.969 bits per heavy atom. The number of para-hydroxylation sites is 1. The molecule has 2 saturated heterocycles. The van der Waals surface area contributed by atoms with Crippen LogP contribution in [0.25, 0.3) is 5.69 Å². The van der Waals surface area contributed by atoms with Crippen LogP contribution in [0.1, 0.15) is 29.9 Å². The monoisotopic (exact) mass is 447 g/mol. The van der Waals surface area contributed by atoms with E-state index in [0.29, 0.717) is 0 Å². The Bertz CT molecular complexity index is 1020. The smallest absolute Gasteiger partial charge is 0.170 e. The lowest BCUT2D eigenvalue weighted by atomic mass is 10.0. The van der Waals surface area contributed by atoms with E-state index in [1.54, 1.807) is 0 Å². The molecular formula is C25H29N5OS. The maximum absolute atomic E-state index is 5.84. The van der Waals surface area contributed by atoms with Gasteiger partial charge in [0.1, 0.15) is 0 Å². The van der Waals surface area contributed by atoms with Crippen molar-refractivity contribution in [2.24, 2.45) is 0 Å². The predicted molar refractivity (Wildman–Crippen MR) is 130 cm³/mol. The van der Waals surface area contributed by atoms with Crippen LogP contribution in [0.3, 0.4) is 0 Å². The maximum Gasteiger partial charge on any atom is 0.170 e. The highest BCUT2D eigenvalue weighted by Crippen LogP contribution is 2.39. The van der Waals surface area contributed by atoms with Crippen LogP contribution >= 0.6 is 12.2 Å². The second-order valence-electron chi connectivity index (χ2n) is 8.27. The van der Waals surface area contributed by atoms with Gasteiger partial charge in [0.25, 0.3) is 0 Å². The first-order valence-electron chi connectivity index (χ1n) is 11.3. The molecule has 2 aliphatic rings. The summed E-state index contributed by atoms with van der Waals surface area (Å²) in [6, 6.07) is 21.0. The highest BCUT2D eigenvalue weighted by atomic mass is 32.1. The Labute approximate surface area is 194 Å². The van der Waals surface area contributed by atoms with E-state index in [9.17, 15) is 0 Å². The summed E-state index contributed by atoms with van der Waals surface area (Å²) in [5, 5.41) is 4.37. The summed E-state index contributed by atoms with van der Waals surface area (Å²) in [6.07, 6.45) is 5.04. The first kappa shape index (κ1) is 21.1. The van der Waals surface area contributed by atoms with E-state index in [-0.39, 0.29) is 12.1 Å². The van der Waals surface area contributed by atoms with Crippen molar-refractivity contribution in [2.45, 2.75) is 18.5 Å². The van der Waals surface area contributed by atoms with Gasteiger partial charge in [-0.25, -0.2) is 0 Å². The fourth-order valence-electron chi connectivity index (χ4n) is 4.72. The third-order valence-corrected chi connectivity index (χ3v) is 6.64. The van der Waals surface area contributed by atoms with Gasteiger partial charge in [-0.15, -0.1) is 0 Å². The fourth-order valence-corrected chi connectivity index (χ4v) is 5.05. The molecule has 0 spiro atoms. The summed E-state index contributed by atoms with van der Waals surface area (Å²) in [5.41, 5.74) is 3.38. The number of aromatic nitrogens is 2. The Morgan fingerprint density at radius 3 is 2.56 bits per heavy atom. The van der Waals surface area contributed by atoms with Gasteiger partial charge < -0.3 is 19.5 Å². The molecule has 2 fully saturated rings. The van der Waals surface area contributed by atoms with Crippen molar-refractivity contribution in [1.29, 1.82) is 0 Å². The molecule has 5 rings (SSSR count). The zero-order valence-electron chi connectivity index (χ0n) is 18.1.